The van der Waals surface area contributed by atoms with Crippen LogP contribution in [-0.4, -0.2) is 16.5 Å². The van der Waals surface area contributed by atoms with Crippen molar-refractivity contribution in [2.75, 3.05) is 11.4 Å². The molecule has 3 nitrogen and oxygen atoms in total. The summed E-state index contributed by atoms with van der Waals surface area (Å²) in [5.74, 6) is 0.894. The average molecular weight is 318 g/mol. The number of thiophene rings is 1. The van der Waals surface area contributed by atoms with Crippen LogP contribution < -0.4 is 4.90 Å². The van der Waals surface area contributed by atoms with E-state index in [1.54, 1.807) is 11.3 Å². The van der Waals surface area contributed by atoms with Gasteiger partial charge in [-0.3, -0.25) is 0 Å². The molecule has 21 heavy (non-hydrogen) atoms. The normalized spacial score (nSPS) is 11.0. The van der Waals surface area contributed by atoms with Crippen molar-refractivity contribution < 1.29 is 0 Å². The lowest BCUT2D eigenvalue weighted by Crippen LogP contribution is -2.20. The lowest BCUT2D eigenvalue weighted by atomic mass is 10.2. The van der Waals surface area contributed by atoms with Crippen molar-refractivity contribution in [3.63, 3.8) is 0 Å². The molecule has 0 saturated carbocycles. The Morgan fingerprint density at radius 2 is 1.95 bits per heavy atom. The molecule has 0 atom stereocenters. The van der Waals surface area contributed by atoms with Crippen LogP contribution in [0.5, 0.6) is 0 Å². The highest BCUT2D eigenvalue weighted by Crippen LogP contribution is 2.33. The maximum atomic E-state index is 6.10. The number of rotatable bonds is 5. The standard InChI is InChI=1S/C16H16ClN3S/c1-2-3-10-20(12-7-5-4-6-8-12)14-13-9-11-21-15(13)19-16(17)18-14/h4-9,11H,2-3,10H2,1H3. The number of hydrogen-bond acceptors (Lipinski definition) is 4. The van der Waals surface area contributed by atoms with Crippen molar-refractivity contribution in [1.29, 1.82) is 0 Å². The van der Waals surface area contributed by atoms with Gasteiger partial charge in [-0.15, -0.1) is 11.3 Å². The molecule has 1 aromatic carbocycles. The van der Waals surface area contributed by atoms with Gasteiger partial charge in [0.1, 0.15) is 10.6 Å². The van der Waals surface area contributed by atoms with E-state index in [-0.39, 0.29) is 0 Å². The van der Waals surface area contributed by atoms with Crippen LogP contribution in [0.25, 0.3) is 10.2 Å². The zero-order valence-corrected chi connectivity index (χ0v) is 13.4. The summed E-state index contributed by atoms with van der Waals surface area (Å²) in [6.45, 7) is 3.11. The van der Waals surface area contributed by atoms with E-state index in [1.807, 2.05) is 23.6 Å². The Bertz CT molecular complexity index is 727. The van der Waals surface area contributed by atoms with Gasteiger partial charge in [0.25, 0.3) is 0 Å². The average Bonchev–Trinajstić information content (AvgIpc) is 2.96. The monoisotopic (exact) mass is 317 g/mol. The fraction of sp³-hybridized carbons (Fsp3) is 0.250. The van der Waals surface area contributed by atoms with Crippen molar-refractivity contribution in [1.82, 2.24) is 9.97 Å². The third-order valence-electron chi connectivity index (χ3n) is 3.34. The summed E-state index contributed by atoms with van der Waals surface area (Å²) >= 11 is 7.69. The van der Waals surface area contributed by atoms with Gasteiger partial charge in [0.15, 0.2) is 0 Å². The second-order valence-corrected chi connectivity index (χ2v) is 6.03. The first kappa shape index (κ1) is 14.3. The van der Waals surface area contributed by atoms with Crippen LogP contribution in [0.3, 0.4) is 0 Å². The number of para-hydroxylation sites is 1. The third-order valence-corrected chi connectivity index (χ3v) is 4.31. The molecule has 0 bridgehead atoms. The zero-order chi connectivity index (χ0) is 14.7. The molecule has 2 heterocycles. The molecule has 0 spiro atoms. The van der Waals surface area contributed by atoms with Gasteiger partial charge in [0.05, 0.1) is 5.39 Å². The summed E-state index contributed by atoms with van der Waals surface area (Å²) in [5, 5.41) is 3.39. The summed E-state index contributed by atoms with van der Waals surface area (Å²) in [6, 6.07) is 12.4. The largest absolute Gasteiger partial charge is 0.326 e. The molecule has 0 aliphatic rings. The molecule has 0 aliphatic carbocycles. The molecule has 0 fully saturated rings. The SMILES string of the molecule is CCCCN(c1ccccc1)c1nc(Cl)nc2sccc12. The van der Waals surface area contributed by atoms with Crippen molar-refractivity contribution >= 4 is 44.7 Å². The Morgan fingerprint density at radius 1 is 1.14 bits per heavy atom. The minimum atomic E-state index is 0.303. The van der Waals surface area contributed by atoms with Gasteiger partial charge in [-0.2, -0.15) is 4.98 Å². The summed E-state index contributed by atoms with van der Waals surface area (Å²) in [5.41, 5.74) is 1.13. The van der Waals surface area contributed by atoms with Crippen LogP contribution >= 0.6 is 22.9 Å². The van der Waals surface area contributed by atoms with Gasteiger partial charge >= 0.3 is 0 Å². The predicted molar refractivity (Wildman–Crippen MR) is 90.8 cm³/mol. The van der Waals surface area contributed by atoms with Crippen LogP contribution in [0, 0.1) is 0 Å². The van der Waals surface area contributed by atoms with Gasteiger partial charge in [-0.25, -0.2) is 4.98 Å². The molecular weight excluding hydrogens is 302 g/mol. The molecule has 2 aromatic heterocycles. The number of halogens is 1. The zero-order valence-electron chi connectivity index (χ0n) is 11.8. The van der Waals surface area contributed by atoms with Crippen molar-refractivity contribution in [3.8, 4) is 0 Å². The van der Waals surface area contributed by atoms with E-state index in [0.29, 0.717) is 5.28 Å². The molecule has 3 aromatic rings. The molecular formula is C16H16ClN3S. The number of aromatic nitrogens is 2. The molecule has 5 heteroatoms. The number of fused-ring (bicyclic) bond motifs is 1. The first-order valence-corrected chi connectivity index (χ1v) is 8.28. The van der Waals surface area contributed by atoms with Crippen LogP contribution in [0.4, 0.5) is 11.5 Å². The highest BCUT2D eigenvalue weighted by Gasteiger charge is 2.16. The van der Waals surface area contributed by atoms with Gasteiger partial charge in [-0.05, 0) is 41.6 Å². The Morgan fingerprint density at radius 3 is 2.71 bits per heavy atom. The highest BCUT2D eigenvalue weighted by atomic mass is 35.5. The molecule has 0 amide bonds. The molecule has 0 saturated heterocycles. The molecule has 0 unspecified atom stereocenters. The number of anilines is 2. The summed E-state index contributed by atoms with van der Waals surface area (Å²) < 4.78 is 0. The predicted octanol–water partition coefficient (Wildman–Crippen LogP) is 5.28. The summed E-state index contributed by atoms with van der Waals surface area (Å²) in [6.07, 6.45) is 2.23. The lowest BCUT2D eigenvalue weighted by Gasteiger charge is -2.24. The van der Waals surface area contributed by atoms with E-state index < -0.39 is 0 Å². The second kappa shape index (κ2) is 6.41. The Balaban J connectivity index is 2.12. The molecule has 3 rings (SSSR count). The first-order chi connectivity index (χ1) is 10.3. The molecule has 108 valence electrons. The number of hydrogen-bond donors (Lipinski definition) is 0. The van der Waals surface area contributed by atoms with Crippen molar-refractivity contribution in [2.45, 2.75) is 19.8 Å². The van der Waals surface area contributed by atoms with Gasteiger partial charge in [0, 0.05) is 12.2 Å². The fourth-order valence-electron chi connectivity index (χ4n) is 2.30. The fourth-order valence-corrected chi connectivity index (χ4v) is 3.27. The van der Waals surface area contributed by atoms with E-state index in [1.165, 1.54) is 0 Å². The van der Waals surface area contributed by atoms with Gasteiger partial charge in [-0.1, -0.05) is 31.5 Å². The lowest BCUT2D eigenvalue weighted by molar-refractivity contribution is 0.781. The minimum Gasteiger partial charge on any atom is -0.326 e. The van der Waals surface area contributed by atoms with E-state index in [4.69, 9.17) is 11.6 Å². The molecule has 0 radical (unpaired) electrons. The topological polar surface area (TPSA) is 29.0 Å². The summed E-state index contributed by atoms with van der Waals surface area (Å²) in [7, 11) is 0. The second-order valence-electron chi connectivity index (χ2n) is 4.80. The van der Waals surface area contributed by atoms with Gasteiger partial charge in [0.2, 0.25) is 5.28 Å². The maximum Gasteiger partial charge on any atom is 0.225 e. The Labute approximate surface area is 133 Å². The first-order valence-electron chi connectivity index (χ1n) is 7.03. The van der Waals surface area contributed by atoms with Crippen LogP contribution in [0.1, 0.15) is 19.8 Å². The Kier molecular flexibility index (Phi) is 4.36. The van der Waals surface area contributed by atoms with Gasteiger partial charge < -0.3 is 4.90 Å². The van der Waals surface area contributed by atoms with E-state index in [2.05, 4.69) is 40.0 Å². The number of unbranched alkanes of at least 4 members (excludes halogenated alkanes) is 1. The highest BCUT2D eigenvalue weighted by molar-refractivity contribution is 7.16. The van der Waals surface area contributed by atoms with Crippen LogP contribution in [0.15, 0.2) is 41.8 Å². The summed E-state index contributed by atoms with van der Waals surface area (Å²) in [4.78, 5) is 12.0. The quantitative estimate of drug-likeness (QED) is 0.599. The van der Waals surface area contributed by atoms with Crippen molar-refractivity contribution in [3.05, 3.63) is 47.1 Å². The molecule has 0 aliphatic heterocycles. The Hall–Kier alpha value is -1.65. The number of benzene rings is 1. The number of nitrogens with zero attached hydrogens (tertiary/aromatic N) is 3. The van der Waals surface area contributed by atoms with Crippen LogP contribution in [0.2, 0.25) is 5.28 Å². The van der Waals surface area contributed by atoms with Crippen LogP contribution in [-0.2, 0) is 0 Å². The third kappa shape index (κ3) is 3.01. The van der Waals surface area contributed by atoms with Crippen molar-refractivity contribution in [2.24, 2.45) is 0 Å². The van der Waals surface area contributed by atoms with E-state index >= 15 is 0 Å². The minimum absolute atomic E-state index is 0.303. The van der Waals surface area contributed by atoms with E-state index in [0.717, 1.165) is 41.1 Å². The van der Waals surface area contributed by atoms with E-state index in [9.17, 15) is 0 Å². The maximum absolute atomic E-state index is 6.10. The smallest absolute Gasteiger partial charge is 0.225 e. The molecule has 0 N–H and O–H groups in total.